The summed E-state index contributed by atoms with van der Waals surface area (Å²) in [4.78, 5) is 49.2. The van der Waals surface area contributed by atoms with Crippen LogP contribution in [0.15, 0.2) is 35.5 Å². The fraction of sp³-hybridized carbons (Fsp3) is 0.600. The molecule has 0 aromatic heterocycles. The van der Waals surface area contributed by atoms with Gasteiger partial charge in [0, 0.05) is 23.3 Å². The average Bonchev–Trinajstić information content (AvgIpc) is 3.08. The van der Waals surface area contributed by atoms with Crippen LogP contribution in [0.3, 0.4) is 0 Å². The summed E-state index contributed by atoms with van der Waals surface area (Å²) in [6.07, 6.45) is 10.3. The highest BCUT2D eigenvalue weighted by molar-refractivity contribution is 6.01. The summed E-state index contributed by atoms with van der Waals surface area (Å²) < 4.78 is 10.2. The second kappa shape index (κ2) is 7.57. The number of carbonyl (C=O) groups is 4. The Bertz CT molecular complexity index is 940. The number of ether oxygens (including phenoxy) is 2. The molecule has 166 valence electrons. The second-order valence-corrected chi connectivity index (χ2v) is 9.83. The molecule has 0 spiro atoms. The van der Waals surface area contributed by atoms with Crippen LogP contribution in [-0.4, -0.2) is 37.2 Å². The highest BCUT2D eigenvalue weighted by Crippen LogP contribution is 2.66. The molecule has 0 aliphatic heterocycles. The molecular formula is C25H30O6. The van der Waals surface area contributed by atoms with Gasteiger partial charge in [0.25, 0.3) is 0 Å². The van der Waals surface area contributed by atoms with E-state index in [0.29, 0.717) is 12.0 Å². The normalized spacial score (nSPS) is 38.3. The van der Waals surface area contributed by atoms with Crippen molar-refractivity contribution < 1.29 is 28.7 Å². The lowest BCUT2D eigenvalue weighted by atomic mass is 9.44. The average molecular weight is 427 g/mol. The molecule has 6 atom stereocenters. The predicted molar refractivity (Wildman–Crippen MR) is 113 cm³/mol. The van der Waals surface area contributed by atoms with Crippen molar-refractivity contribution in [2.75, 3.05) is 13.7 Å². The first kappa shape index (κ1) is 21.7. The lowest BCUT2D eigenvalue weighted by molar-refractivity contribution is -0.159. The van der Waals surface area contributed by atoms with Crippen molar-refractivity contribution in [3.05, 3.63) is 35.5 Å². The van der Waals surface area contributed by atoms with Crippen molar-refractivity contribution in [1.82, 2.24) is 0 Å². The zero-order valence-electron chi connectivity index (χ0n) is 18.6. The Morgan fingerprint density at radius 1 is 1.23 bits per heavy atom. The maximum atomic E-state index is 13.0. The van der Waals surface area contributed by atoms with E-state index in [2.05, 4.69) is 13.8 Å². The Morgan fingerprint density at radius 2 is 1.97 bits per heavy atom. The number of hydrogen-bond donors (Lipinski definition) is 0. The first-order valence-electron chi connectivity index (χ1n) is 11.0. The van der Waals surface area contributed by atoms with Crippen LogP contribution in [0.4, 0.5) is 0 Å². The molecule has 0 bridgehead atoms. The third kappa shape index (κ3) is 3.31. The largest absolute Gasteiger partial charge is 0.469 e. The molecule has 2 saturated carbocycles. The Balaban J connectivity index is 1.72. The molecule has 0 N–H and O–H groups in total. The van der Waals surface area contributed by atoms with Crippen LogP contribution in [0.2, 0.25) is 0 Å². The van der Waals surface area contributed by atoms with Gasteiger partial charge >= 0.3 is 11.9 Å². The molecule has 2 fully saturated rings. The number of methoxy groups -OCH3 is 1. The van der Waals surface area contributed by atoms with Crippen molar-refractivity contribution in [3.8, 4) is 0 Å². The Hall–Kier alpha value is -2.50. The van der Waals surface area contributed by atoms with Crippen LogP contribution in [0.25, 0.3) is 0 Å². The van der Waals surface area contributed by atoms with E-state index in [9.17, 15) is 19.2 Å². The lowest BCUT2D eigenvalue weighted by Gasteiger charge is -2.58. The Labute approximate surface area is 182 Å². The summed E-state index contributed by atoms with van der Waals surface area (Å²) >= 11 is 0. The van der Waals surface area contributed by atoms with E-state index in [1.807, 2.05) is 12.2 Å². The first-order valence-corrected chi connectivity index (χ1v) is 11.0. The predicted octanol–water partition coefficient (Wildman–Crippen LogP) is 3.36. The zero-order valence-corrected chi connectivity index (χ0v) is 18.6. The quantitative estimate of drug-likeness (QED) is 0.641. The van der Waals surface area contributed by atoms with Gasteiger partial charge in [-0.05, 0) is 55.6 Å². The van der Waals surface area contributed by atoms with Gasteiger partial charge in [0.15, 0.2) is 18.2 Å². The molecule has 6 nitrogen and oxygen atoms in total. The number of fused-ring (bicyclic) bond motifs is 5. The minimum atomic E-state index is -0.483. The molecule has 0 unspecified atom stereocenters. The number of carbonyl (C=O) groups excluding carboxylic acids is 4. The van der Waals surface area contributed by atoms with Gasteiger partial charge in [-0.1, -0.05) is 31.6 Å². The number of ketones is 2. The standard InChI is InChI=1S/C25H30O6/c1-14(26)31-13-21(28)20-8-7-19-17-6-5-15-11-16(27)9-10-24(15,2)22(17)18(23(29)30-4)12-25(19,20)3/h8-11,17-19,22H,5-7,12-13H2,1-4H3/t17-,18+,19-,22+,24+,25+/m1/s1. The molecule has 0 saturated heterocycles. The van der Waals surface area contributed by atoms with E-state index < -0.39 is 11.4 Å². The van der Waals surface area contributed by atoms with Crippen LogP contribution in [0.5, 0.6) is 0 Å². The lowest BCUT2D eigenvalue weighted by Crippen LogP contribution is -2.55. The number of Topliss-reactive ketones (excluding diaryl/α,β-unsaturated/α-hetero) is 1. The van der Waals surface area contributed by atoms with Gasteiger partial charge in [0.05, 0.1) is 13.0 Å². The van der Waals surface area contributed by atoms with Gasteiger partial charge in [-0.25, -0.2) is 0 Å². The van der Waals surface area contributed by atoms with E-state index in [4.69, 9.17) is 9.47 Å². The van der Waals surface area contributed by atoms with Crippen molar-refractivity contribution in [3.63, 3.8) is 0 Å². The van der Waals surface area contributed by atoms with Crippen molar-refractivity contribution >= 4 is 23.5 Å². The smallest absolute Gasteiger partial charge is 0.309 e. The third-order valence-corrected chi connectivity index (χ3v) is 8.32. The van der Waals surface area contributed by atoms with Crippen LogP contribution in [0, 0.1) is 34.5 Å². The van der Waals surface area contributed by atoms with Crippen LogP contribution >= 0.6 is 0 Å². The van der Waals surface area contributed by atoms with Crippen molar-refractivity contribution in [2.24, 2.45) is 34.5 Å². The summed E-state index contributed by atoms with van der Waals surface area (Å²) in [6, 6.07) is 0. The van der Waals surface area contributed by atoms with E-state index in [1.165, 1.54) is 14.0 Å². The topological polar surface area (TPSA) is 86.7 Å². The Morgan fingerprint density at radius 3 is 2.65 bits per heavy atom. The molecular weight excluding hydrogens is 396 g/mol. The maximum Gasteiger partial charge on any atom is 0.309 e. The van der Waals surface area contributed by atoms with E-state index in [-0.39, 0.29) is 53.2 Å². The van der Waals surface area contributed by atoms with Crippen LogP contribution in [0.1, 0.15) is 46.5 Å². The van der Waals surface area contributed by atoms with Crippen molar-refractivity contribution in [1.29, 1.82) is 0 Å². The van der Waals surface area contributed by atoms with E-state index in [1.54, 1.807) is 12.2 Å². The van der Waals surface area contributed by atoms with E-state index >= 15 is 0 Å². The van der Waals surface area contributed by atoms with Gasteiger partial charge in [0.1, 0.15) is 0 Å². The first-order chi connectivity index (χ1) is 14.6. The highest BCUT2D eigenvalue weighted by atomic mass is 16.5. The molecule has 4 rings (SSSR count). The fourth-order valence-electron chi connectivity index (χ4n) is 7.01. The molecule has 0 heterocycles. The zero-order chi connectivity index (χ0) is 22.6. The SMILES string of the molecule is COC(=O)[C@H]1C[C@]2(C)C(C(=O)COC(C)=O)=CC[C@@H]2[C@H]2CCC3=CC(=O)C=C[C@]3(C)[C@@H]21. The minimum Gasteiger partial charge on any atom is -0.469 e. The minimum absolute atomic E-state index is 0.00192. The third-order valence-electron chi connectivity index (χ3n) is 8.32. The maximum absolute atomic E-state index is 13.0. The summed E-state index contributed by atoms with van der Waals surface area (Å²) in [5.74, 6) is -0.860. The van der Waals surface area contributed by atoms with Gasteiger partial charge in [0.2, 0.25) is 0 Å². The van der Waals surface area contributed by atoms with Gasteiger partial charge < -0.3 is 9.47 Å². The number of allylic oxidation sites excluding steroid dienone is 5. The summed E-state index contributed by atoms with van der Waals surface area (Å²) in [5.41, 5.74) is 0.924. The molecule has 0 aromatic rings. The molecule has 4 aliphatic rings. The second-order valence-electron chi connectivity index (χ2n) is 9.83. The highest BCUT2D eigenvalue weighted by Gasteiger charge is 2.62. The molecule has 4 aliphatic carbocycles. The van der Waals surface area contributed by atoms with Crippen LogP contribution in [-0.2, 0) is 28.7 Å². The van der Waals surface area contributed by atoms with Gasteiger partial charge in [-0.15, -0.1) is 0 Å². The summed E-state index contributed by atoms with van der Waals surface area (Å²) in [6.45, 7) is 5.22. The van der Waals surface area contributed by atoms with Crippen molar-refractivity contribution in [2.45, 2.75) is 46.5 Å². The Kier molecular flexibility index (Phi) is 5.31. The van der Waals surface area contributed by atoms with E-state index in [0.717, 1.165) is 24.8 Å². The molecule has 0 amide bonds. The van der Waals surface area contributed by atoms with Gasteiger partial charge in [-0.3, -0.25) is 19.2 Å². The number of esters is 2. The van der Waals surface area contributed by atoms with Crippen LogP contribution < -0.4 is 0 Å². The number of hydrogen-bond acceptors (Lipinski definition) is 6. The molecule has 6 heteroatoms. The number of rotatable bonds is 4. The summed E-state index contributed by atoms with van der Waals surface area (Å²) in [5, 5.41) is 0. The fourth-order valence-corrected chi connectivity index (χ4v) is 7.01. The molecule has 0 radical (unpaired) electrons. The monoisotopic (exact) mass is 426 g/mol. The molecule has 0 aromatic carbocycles. The summed E-state index contributed by atoms with van der Waals surface area (Å²) in [7, 11) is 1.41. The molecule has 31 heavy (non-hydrogen) atoms. The van der Waals surface area contributed by atoms with Gasteiger partial charge in [-0.2, -0.15) is 0 Å².